The summed E-state index contributed by atoms with van der Waals surface area (Å²) in [7, 11) is 4.09. The van der Waals surface area contributed by atoms with Gasteiger partial charge in [0, 0.05) is 43.6 Å². The van der Waals surface area contributed by atoms with Gasteiger partial charge in [0.15, 0.2) is 0 Å². The molecule has 0 unspecified atom stereocenters. The Morgan fingerprint density at radius 2 is 2.05 bits per heavy atom. The summed E-state index contributed by atoms with van der Waals surface area (Å²) in [5.74, 6) is 0.118. The quantitative estimate of drug-likeness (QED) is 0.766. The Kier molecular flexibility index (Phi) is 6.34. The zero-order chi connectivity index (χ0) is 15.9. The van der Waals surface area contributed by atoms with Crippen LogP contribution in [0.25, 0.3) is 0 Å². The number of hydrogen-bond acceptors (Lipinski definition) is 4. The van der Waals surface area contributed by atoms with E-state index in [1.54, 1.807) is 24.5 Å². The zero-order valence-corrected chi connectivity index (χ0v) is 14.0. The van der Waals surface area contributed by atoms with Gasteiger partial charge in [0.25, 0.3) is 5.91 Å². The minimum atomic E-state index is 0.118. The van der Waals surface area contributed by atoms with Crippen molar-refractivity contribution in [1.82, 2.24) is 19.7 Å². The average molecular weight is 304 g/mol. The highest BCUT2D eigenvalue weighted by Gasteiger charge is 2.27. The highest BCUT2D eigenvalue weighted by Crippen LogP contribution is 2.18. The van der Waals surface area contributed by atoms with Crippen molar-refractivity contribution in [3.63, 3.8) is 0 Å². The maximum Gasteiger partial charge on any atom is 0.254 e. The Morgan fingerprint density at radius 3 is 2.68 bits per heavy atom. The molecule has 122 valence electrons. The lowest BCUT2D eigenvalue weighted by atomic mass is 10.1. The summed E-state index contributed by atoms with van der Waals surface area (Å²) in [6, 6.07) is 4.10. The summed E-state index contributed by atoms with van der Waals surface area (Å²) in [6.07, 6.45) is 5.80. The molecule has 1 amide bonds. The van der Waals surface area contributed by atoms with Crippen LogP contribution in [0.5, 0.6) is 0 Å². The van der Waals surface area contributed by atoms with Crippen molar-refractivity contribution in [1.29, 1.82) is 0 Å². The van der Waals surface area contributed by atoms with Crippen molar-refractivity contribution >= 4 is 5.91 Å². The van der Waals surface area contributed by atoms with Crippen molar-refractivity contribution < 1.29 is 4.79 Å². The molecule has 0 aliphatic carbocycles. The Bertz CT molecular complexity index is 463. The summed E-state index contributed by atoms with van der Waals surface area (Å²) < 4.78 is 0. The summed E-state index contributed by atoms with van der Waals surface area (Å²) in [6.45, 7) is 6.90. The predicted molar refractivity (Wildman–Crippen MR) is 89.0 cm³/mol. The van der Waals surface area contributed by atoms with E-state index in [2.05, 4.69) is 21.7 Å². The Labute approximate surface area is 133 Å². The molecule has 2 rings (SSSR count). The second kappa shape index (κ2) is 8.25. The molecule has 1 aromatic heterocycles. The fourth-order valence-electron chi connectivity index (χ4n) is 3.05. The number of nitrogens with zero attached hydrogens (tertiary/aromatic N) is 4. The minimum absolute atomic E-state index is 0.118. The van der Waals surface area contributed by atoms with Gasteiger partial charge in [-0.15, -0.1) is 0 Å². The van der Waals surface area contributed by atoms with Crippen molar-refractivity contribution in [2.75, 3.05) is 46.8 Å². The van der Waals surface area contributed by atoms with Crippen LogP contribution >= 0.6 is 0 Å². The molecule has 2 heterocycles. The van der Waals surface area contributed by atoms with E-state index in [1.807, 2.05) is 19.0 Å². The molecular formula is C17H28N4O. The van der Waals surface area contributed by atoms with E-state index in [0.717, 1.165) is 38.3 Å². The molecule has 0 spiro atoms. The second-order valence-electron chi connectivity index (χ2n) is 6.21. The molecule has 1 fully saturated rings. The smallest absolute Gasteiger partial charge is 0.254 e. The van der Waals surface area contributed by atoms with Crippen LogP contribution in [0.1, 0.15) is 30.1 Å². The van der Waals surface area contributed by atoms with Crippen molar-refractivity contribution in [3.05, 3.63) is 30.1 Å². The highest BCUT2D eigenvalue weighted by molar-refractivity contribution is 5.94. The largest absolute Gasteiger partial charge is 0.336 e. The number of carbonyl (C=O) groups is 1. The first-order valence-electron chi connectivity index (χ1n) is 8.20. The fraction of sp³-hybridized carbons (Fsp3) is 0.647. The number of likely N-dealkylation sites (N-methyl/N-ethyl adjacent to an activating group) is 2. The minimum Gasteiger partial charge on any atom is -0.336 e. The molecule has 22 heavy (non-hydrogen) atoms. The predicted octanol–water partition coefficient (Wildman–Crippen LogP) is 1.57. The number of carbonyl (C=O) groups excluding carboxylic acids is 1. The van der Waals surface area contributed by atoms with Crippen molar-refractivity contribution in [2.45, 2.75) is 25.8 Å². The molecule has 0 radical (unpaired) electrons. The van der Waals surface area contributed by atoms with Crippen LogP contribution < -0.4 is 0 Å². The monoisotopic (exact) mass is 304 g/mol. The molecule has 0 saturated carbocycles. The third-order valence-corrected chi connectivity index (χ3v) is 4.37. The third-order valence-electron chi connectivity index (χ3n) is 4.37. The number of aromatic nitrogens is 1. The fourth-order valence-corrected chi connectivity index (χ4v) is 3.05. The van der Waals surface area contributed by atoms with E-state index in [-0.39, 0.29) is 5.91 Å². The molecule has 0 aromatic carbocycles. The van der Waals surface area contributed by atoms with Gasteiger partial charge in [-0.25, -0.2) is 0 Å². The average Bonchev–Trinajstić information content (AvgIpc) is 2.98. The maximum absolute atomic E-state index is 12.8. The van der Waals surface area contributed by atoms with Crippen LogP contribution in [-0.4, -0.2) is 78.5 Å². The topological polar surface area (TPSA) is 39.7 Å². The van der Waals surface area contributed by atoms with E-state index in [4.69, 9.17) is 0 Å². The van der Waals surface area contributed by atoms with E-state index in [9.17, 15) is 4.79 Å². The first-order chi connectivity index (χ1) is 10.6. The van der Waals surface area contributed by atoms with Gasteiger partial charge in [-0.2, -0.15) is 0 Å². The Balaban J connectivity index is 2.06. The summed E-state index contributed by atoms with van der Waals surface area (Å²) >= 11 is 0. The molecule has 1 aromatic rings. The van der Waals surface area contributed by atoms with Crippen LogP contribution in [0, 0.1) is 0 Å². The molecule has 0 bridgehead atoms. The normalized spacial score (nSPS) is 18.8. The number of pyridine rings is 1. The highest BCUT2D eigenvalue weighted by atomic mass is 16.2. The van der Waals surface area contributed by atoms with Gasteiger partial charge in [0.1, 0.15) is 0 Å². The van der Waals surface area contributed by atoms with E-state index in [0.29, 0.717) is 6.04 Å². The van der Waals surface area contributed by atoms with Gasteiger partial charge in [0.2, 0.25) is 0 Å². The van der Waals surface area contributed by atoms with E-state index < -0.39 is 0 Å². The van der Waals surface area contributed by atoms with Crippen molar-refractivity contribution in [2.24, 2.45) is 0 Å². The standard InChI is InChI=1S/C17H28N4O/c1-4-20-11-5-6-16(20)14-21(13-12-19(2)3)17(22)15-7-9-18-10-8-15/h7-10,16H,4-6,11-14H2,1-3H3/t16-/m0/s1. The molecule has 1 aliphatic rings. The van der Waals surface area contributed by atoms with E-state index in [1.165, 1.54) is 12.8 Å². The third kappa shape index (κ3) is 4.52. The van der Waals surface area contributed by atoms with Crippen LogP contribution in [0.3, 0.4) is 0 Å². The van der Waals surface area contributed by atoms with Gasteiger partial charge in [0.05, 0.1) is 0 Å². The van der Waals surface area contributed by atoms with Gasteiger partial charge < -0.3 is 9.80 Å². The lowest BCUT2D eigenvalue weighted by molar-refractivity contribution is 0.0694. The maximum atomic E-state index is 12.8. The molecule has 1 atom stereocenters. The lowest BCUT2D eigenvalue weighted by Gasteiger charge is -2.31. The van der Waals surface area contributed by atoms with Gasteiger partial charge in [-0.3, -0.25) is 14.7 Å². The van der Waals surface area contributed by atoms with Gasteiger partial charge in [-0.1, -0.05) is 6.92 Å². The number of likely N-dealkylation sites (tertiary alicyclic amines) is 1. The number of amides is 1. The molecule has 1 aliphatic heterocycles. The number of hydrogen-bond donors (Lipinski definition) is 0. The molecule has 5 heteroatoms. The Hall–Kier alpha value is -1.46. The summed E-state index contributed by atoms with van der Waals surface area (Å²) in [4.78, 5) is 23.4. The van der Waals surface area contributed by atoms with Gasteiger partial charge in [-0.05, 0) is 52.2 Å². The van der Waals surface area contributed by atoms with Gasteiger partial charge >= 0.3 is 0 Å². The molecular weight excluding hydrogens is 276 g/mol. The SMILES string of the molecule is CCN1CCC[C@H]1CN(CCN(C)C)C(=O)c1ccncc1. The first kappa shape index (κ1) is 16.9. The van der Waals surface area contributed by atoms with Crippen LogP contribution in [0.2, 0.25) is 0 Å². The van der Waals surface area contributed by atoms with Crippen LogP contribution in [0.4, 0.5) is 0 Å². The second-order valence-corrected chi connectivity index (χ2v) is 6.21. The summed E-state index contributed by atoms with van der Waals surface area (Å²) in [5.41, 5.74) is 0.731. The molecule has 5 nitrogen and oxygen atoms in total. The van der Waals surface area contributed by atoms with Crippen LogP contribution in [0.15, 0.2) is 24.5 Å². The summed E-state index contributed by atoms with van der Waals surface area (Å²) in [5, 5.41) is 0. The lowest BCUT2D eigenvalue weighted by Crippen LogP contribution is -2.45. The number of rotatable bonds is 7. The molecule has 0 N–H and O–H groups in total. The zero-order valence-electron chi connectivity index (χ0n) is 14.0. The van der Waals surface area contributed by atoms with E-state index >= 15 is 0 Å². The molecule has 1 saturated heterocycles. The Morgan fingerprint density at radius 1 is 1.32 bits per heavy atom. The van der Waals surface area contributed by atoms with Crippen LogP contribution in [-0.2, 0) is 0 Å². The van der Waals surface area contributed by atoms with Crippen molar-refractivity contribution in [3.8, 4) is 0 Å². The first-order valence-corrected chi connectivity index (χ1v) is 8.20.